The number of nitrogens with two attached hydrogens (primary N) is 1. The average molecular weight is 563 g/mol. The van der Waals surface area contributed by atoms with Gasteiger partial charge >= 0.3 is 5.97 Å². The number of ether oxygens (including phenoxy) is 2. The van der Waals surface area contributed by atoms with Crippen LogP contribution in [0.25, 0.3) is 11.3 Å². The van der Waals surface area contributed by atoms with Crippen LogP contribution in [0.5, 0.6) is 5.88 Å². The Kier molecular flexibility index (Phi) is 9.66. The molecule has 1 atom stereocenters. The maximum absolute atomic E-state index is 13.1. The molecular weight excluding hydrogens is 532 g/mol. The van der Waals surface area contributed by atoms with Crippen molar-refractivity contribution in [1.82, 2.24) is 9.97 Å². The second-order valence-electron chi connectivity index (χ2n) is 9.08. The van der Waals surface area contributed by atoms with Crippen molar-refractivity contribution < 1.29 is 27.8 Å². The van der Waals surface area contributed by atoms with E-state index in [1.807, 2.05) is 32.0 Å². The fourth-order valence-electron chi connectivity index (χ4n) is 3.90. The number of nitrogens with zero attached hydrogens (tertiary/aromatic N) is 2. The molecule has 0 bridgehead atoms. The second-order valence-corrected chi connectivity index (χ2v) is 10.8. The molecule has 1 fully saturated rings. The largest absolute Gasteiger partial charge is 0.478 e. The topological polar surface area (TPSA) is 154 Å². The summed E-state index contributed by atoms with van der Waals surface area (Å²) < 4.78 is 40.1. The summed E-state index contributed by atoms with van der Waals surface area (Å²) in [5.41, 5.74) is 9.17. The Bertz CT molecular complexity index is 1380. The number of anilines is 1. The van der Waals surface area contributed by atoms with Crippen molar-refractivity contribution in [3.05, 3.63) is 65.2 Å². The van der Waals surface area contributed by atoms with E-state index in [1.165, 1.54) is 18.2 Å². The highest BCUT2D eigenvalue weighted by molar-refractivity contribution is 7.92. The number of rotatable bonds is 11. The number of carboxylic acid groups (broad SMARTS) is 1. The van der Waals surface area contributed by atoms with Crippen molar-refractivity contribution in [1.29, 1.82) is 0 Å². The number of aromatic carboxylic acids is 1. The third-order valence-corrected chi connectivity index (χ3v) is 7.43. The first-order valence-electron chi connectivity index (χ1n) is 11.9. The normalized spacial score (nSPS) is 14.2. The minimum Gasteiger partial charge on any atom is -0.478 e. The number of hydrogen-bond acceptors (Lipinski definition) is 8. The van der Waals surface area contributed by atoms with E-state index in [0.717, 1.165) is 42.0 Å². The highest BCUT2D eigenvalue weighted by Gasteiger charge is 2.21. The van der Waals surface area contributed by atoms with Crippen LogP contribution in [-0.2, 0) is 14.8 Å². The minimum absolute atomic E-state index is 0. The molecule has 1 unspecified atom stereocenters. The smallest absolute Gasteiger partial charge is 0.335 e. The van der Waals surface area contributed by atoms with Crippen LogP contribution < -0.4 is 15.2 Å². The summed E-state index contributed by atoms with van der Waals surface area (Å²) in [5.74, 6) is -1.31. The molecule has 0 amide bonds. The SMILES string of the molecule is Cc1cccc(C)c1-c1cc(OCC(N)COC2CCC2)nc(NS(=O)(=O)c2cccc(C(=O)O)c2)n1.Cl. The molecule has 1 heterocycles. The van der Waals surface area contributed by atoms with Crippen molar-refractivity contribution in [3.63, 3.8) is 0 Å². The standard InChI is InChI=1S/C26H30N4O6S.ClH/c1-16-6-3-7-17(2)24(16)22-13-23(36-15-19(27)14-35-20-9-5-10-20)29-26(28-22)30-37(33,34)21-11-4-8-18(12-21)25(31)32;/h3-4,6-8,11-13,19-20H,5,9-10,14-15,27H2,1-2H3,(H,31,32)(H,28,29,30);1H. The van der Waals surface area contributed by atoms with Crippen LogP contribution in [0.1, 0.15) is 40.7 Å². The summed E-state index contributed by atoms with van der Waals surface area (Å²) in [5, 5.41) is 9.23. The molecule has 3 aromatic rings. The van der Waals surface area contributed by atoms with Crippen molar-refractivity contribution in [2.45, 2.75) is 50.2 Å². The molecule has 204 valence electrons. The van der Waals surface area contributed by atoms with E-state index in [1.54, 1.807) is 6.07 Å². The summed E-state index contributed by atoms with van der Waals surface area (Å²) in [6.45, 7) is 4.32. The Hall–Kier alpha value is -3.25. The van der Waals surface area contributed by atoms with Crippen LogP contribution in [0.3, 0.4) is 0 Å². The van der Waals surface area contributed by atoms with Crippen molar-refractivity contribution >= 4 is 34.3 Å². The quantitative estimate of drug-likeness (QED) is 0.315. The molecule has 1 aliphatic carbocycles. The summed E-state index contributed by atoms with van der Waals surface area (Å²) >= 11 is 0. The van der Waals surface area contributed by atoms with E-state index in [0.29, 0.717) is 12.3 Å². The predicted molar refractivity (Wildman–Crippen MR) is 145 cm³/mol. The van der Waals surface area contributed by atoms with E-state index in [2.05, 4.69) is 14.7 Å². The lowest BCUT2D eigenvalue weighted by Gasteiger charge is -2.26. The lowest BCUT2D eigenvalue weighted by Crippen LogP contribution is -2.36. The van der Waals surface area contributed by atoms with E-state index in [9.17, 15) is 18.3 Å². The molecule has 4 N–H and O–H groups in total. The first kappa shape index (κ1) is 29.3. The minimum atomic E-state index is -4.19. The van der Waals surface area contributed by atoms with Crippen LogP contribution in [0.2, 0.25) is 0 Å². The van der Waals surface area contributed by atoms with Gasteiger partial charge in [0.2, 0.25) is 11.8 Å². The fraction of sp³-hybridized carbons (Fsp3) is 0.346. The zero-order valence-electron chi connectivity index (χ0n) is 21.1. The third-order valence-electron chi connectivity index (χ3n) is 6.10. The molecule has 38 heavy (non-hydrogen) atoms. The lowest BCUT2D eigenvalue weighted by molar-refractivity contribution is -0.00892. The predicted octanol–water partition coefficient (Wildman–Crippen LogP) is 3.96. The van der Waals surface area contributed by atoms with Crippen molar-refractivity contribution in [2.75, 3.05) is 17.9 Å². The van der Waals surface area contributed by atoms with Crippen molar-refractivity contribution in [3.8, 4) is 17.1 Å². The van der Waals surface area contributed by atoms with Gasteiger partial charge in [-0.1, -0.05) is 24.3 Å². The monoisotopic (exact) mass is 562 g/mol. The van der Waals surface area contributed by atoms with Gasteiger partial charge < -0.3 is 20.3 Å². The molecule has 0 radical (unpaired) electrons. The van der Waals surface area contributed by atoms with E-state index in [4.69, 9.17) is 15.2 Å². The van der Waals surface area contributed by atoms with Crippen LogP contribution >= 0.6 is 12.4 Å². The van der Waals surface area contributed by atoms with Gasteiger partial charge in [-0.25, -0.2) is 22.9 Å². The molecule has 1 aromatic heterocycles. The van der Waals surface area contributed by atoms with Gasteiger partial charge in [0, 0.05) is 11.6 Å². The molecular formula is C26H31ClN4O6S. The lowest BCUT2D eigenvalue weighted by atomic mass is 9.96. The Labute approximate surface area is 228 Å². The van der Waals surface area contributed by atoms with Gasteiger partial charge in [0.15, 0.2) is 0 Å². The van der Waals surface area contributed by atoms with Crippen LogP contribution in [0.15, 0.2) is 53.4 Å². The van der Waals surface area contributed by atoms with E-state index in [-0.39, 0.29) is 47.4 Å². The Morgan fingerprint density at radius 2 is 1.79 bits per heavy atom. The molecule has 4 rings (SSSR count). The van der Waals surface area contributed by atoms with Crippen LogP contribution in [0, 0.1) is 13.8 Å². The summed E-state index contributed by atoms with van der Waals surface area (Å²) in [6.07, 6.45) is 3.49. The van der Waals surface area contributed by atoms with Crippen molar-refractivity contribution in [2.24, 2.45) is 5.73 Å². The first-order valence-corrected chi connectivity index (χ1v) is 13.4. The van der Waals surface area contributed by atoms with Crippen LogP contribution in [-0.4, -0.2) is 54.8 Å². The number of halogens is 1. The molecule has 2 aromatic carbocycles. The summed E-state index contributed by atoms with van der Waals surface area (Å²) in [7, 11) is -4.19. The maximum atomic E-state index is 13.1. The molecule has 1 aliphatic rings. The third kappa shape index (κ3) is 7.19. The first-order chi connectivity index (χ1) is 17.6. The molecule has 0 saturated heterocycles. The highest BCUT2D eigenvalue weighted by atomic mass is 35.5. The molecule has 0 spiro atoms. The van der Waals surface area contributed by atoms with Gasteiger partial charge in [-0.2, -0.15) is 4.98 Å². The molecule has 12 heteroatoms. The number of carboxylic acids is 1. The Morgan fingerprint density at radius 1 is 1.11 bits per heavy atom. The van der Waals surface area contributed by atoms with E-state index < -0.39 is 22.0 Å². The van der Waals surface area contributed by atoms with Gasteiger partial charge in [-0.15, -0.1) is 12.4 Å². The molecule has 10 nitrogen and oxygen atoms in total. The average Bonchev–Trinajstić information content (AvgIpc) is 2.81. The number of benzene rings is 2. The van der Waals surface area contributed by atoms with E-state index >= 15 is 0 Å². The summed E-state index contributed by atoms with van der Waals surface area (Å²) in [6, 6.07) is 12.1. The number of carbonyl (C=O) groups is 1. The Morgan fingerprint density at radius 3 is 2.42 bits per heavy atom. The van der Waals surface area contributed by atoms with Gasteiger partial charge in [-0.05, 0) is 62.4 Å². The number of hydrogen-bond donors (Lipinski definition) is 3. The summed E-state index contributed by atoms with van der Waals surface area (Å²) in [4.78, 5) is 19.8. The second kappa shape index (κ2) is 12.5. The number of nitrogens with one attached hydrogen (secondary N) is 1. The van der Waals surface area contributed by atoms with Gasteiger partial charge in [0.25, 0.3) is 10.0 Å². The molecule has 1 saturated carbocycles. The molecule has 0 aliphatic heterocycles. The number of sulfonamides is 1. The maximum Gasteiger partial charge on any atom is 0.335 e. The zero-order chi connectivity index (χ0) is 26.6. The Balaban J connectivity index is 0.00000400. The van der Waals surface area contributed by atoms with Gasteiger partial charge in [0.05, 0.1) is 34.9 Å². The number of aryl methyl sites for hydroxylation is 2. The number of aromatic nitrogens is 2. The highest BCUT2D eigenvalue weighted by Crippen LogP contribution is 2.29. The van der Waals surface area contributed by atoms with Crippen LogP contribution in [0.4, 0.5) is 5.95 Å². The fourth-order valence-corrected chi connectivity index (χ4v) is 4.89. The van der Waals surface area contributed by atoms with Gasteiger partial charge in [-0.3, -0.25) is 0 Å². The zero-order valence-corrected chi connectivity index (χ0v) is 22.7. The van der Waals surface area contributed by atoms with Gasteiger partial charge in [0.1, 0.15) is 6.61 Å².